The third-order valence-corrected chi connectivity index (χ3v) is 7.08. The van der Waals surface area contributed by atoms with Gasteiger partial charge in [-0.2, -0.15) is 0 Å². The highest BCUT2D eigenvalue weighted by Gasteiger charge is 2.42. The molecule has 0 radical (unpaired) electrons. The van der Waals surface area contributed by atoms with Crippen molar-refractivity contribution in [1.29, 1.82) is 0 Å². The second kappa shape index (κ2) is 7.87. The van der Waals surface area contributed by atoms with Gasteiger partial charge in [-0.25, -0.2) is 4.98 Å². The first-order valence-electron chi connectivity index (χ1n) is 11.5. The molecule has 164 valence electrons. The third-order valence-electron chi connectivity index (χ3n) is 7.08. The molecule has 1 aromatic heterocycles. The Kier molecular flexibility index (Phi) is 4.85. The predicted molar refractivity (Wildman–Crippen MR) is 125 cm³/mol. The molecule has 0 saturated carbocycles. The minimum absolute atomic E-state index is 0.0983. The lowest BCUT2D eigenvalue weighted by Gasteiger charge is -2.39. The summed E-state index contributed by atoms with van der Waals surface area (Å²) in [6.45, 7) is 7.38. The SMILES string of the molecule is Cc1oc(-c2ccc(N3C=NCC3)cc2)nc1CN1CCC2(CC1)OCc1ccccc12. The molecule has 6 nitrogen and oxygen atoms in total. The van der Waals surface area contributed by atoms with Crippen LogP contribution in [0, 0.1) is 6.92 Å². The molecule has 0 amide bonds. The minimum Gasteiger partial charge on any atom is -0.441 e. The van der Waals surface area contributed by atoms with Gasteiger partial charge >= 0.3 is 0 Å². The van der Waals surface area contributed by atoms with Gasteiger partial charge < -0.3 is 14.1 Å². The summed E-state index contributed by atoms with van der Waals surface area (Å²) in [6, 6.07) is 17.1. The summed E-state index contributed by atoms with van der Waals surface area (Å²) in [7, 11) is 0. The fraction of sp³-hybridized carbons (Fsp3) is 0.385. The largest absolute Gasteiger partial charge is 0.441 e. The molecule has 6 rings (SSSR count). The van der Waals surface area contributed by atoms with Crippen molar-refractivity contribution < 1.29 is 9.15 Å². The first-order chi connectivity index (χ1) is 15.7. The van der Waals surface area contributed by atoms with E-state index in [1.54, 1.807) is 0 Å². The van der Waals surface area contributed by atoms with Gasteiger partial charge in [-0.05, 0) is 55.2 Å². The van der Waals surface area contributed by atoms with Crippen LogP contribution < -0.4 is 4.90 Å². The third kappa shape index (κ3) is 3.44. The smallest absolute Gasteiger partial charge is 0.226 e. The van der Waals surface area contributed by atoms with Crippen molar-refractivity contribution in [2.45, 2.75) is 38.5 Å². The van der Waals surface area contributed by atoms with E-state index in [0.717, 1.165) is 74.9 Å². The number of likely N-dealkylation sites (tertiary alicyclic amines) is 1. The lowest BCUT2D eigenvalue weighted by Crippen LogP contribution is -2.42. The Morgan fingerprint density at radius 1 is 1.00 bits per heavy atom. The number of nitrogens with zero attached hydrogens (tertiary/aromatic N) is 4. The average molecular weight is 429 g/mol. The van der Waals surface area contributed by atoms with Crippen molar-refractivity contribution in [3.05, 3.63) is 71.1 Å². The molecule has 0 unspecified atom stereocenters. The van der Waals surface area contributed by atoms with E-state index in [1.807, 2.05) is 13.3 Å². The summed E-state index contributed by atoms with van der Waals surface area (Å²) < 4.78 is 12.4. The summed E-state index contributed by atoms with van der Waals surface area (Å²) in [4.78, 5) is 13.8. The number of piperidine rings is 1. The molecular formula is C26H28N4O2. The van der Waals surface area contributed by atoms with E-state index in [1.165, 1.54) is 11.1 Å². The summed E-state index contributed by atoms with van der Waals surface area (Å²) in [5, 5.41) is 0. The maximum atomic E-state index is 6.31. The van der Waals surface area contributed by atoms with Crippen LogP contribution in [0.15, 0.2) is 57.9 Å². The number of hydrogen-bond acceptors (Lipinski definition) is 6. The van der Waals surface area contributed by atoms with Gasteiger partial charge in [0.2, 0.25) is 5.89 Å². The lowest BCUT2D eigenvalue weighted by molar-refractivity contribution is -0.0800. The summed E-state index contributed by atoms with van der Waals surface area (Å²) in [6.07, 6.45) is 3.95. The van der Waals surface area contributed by atoms with Gasteiger partial charge in [0.05, 0.1) is 30.8 Å². The number of rotatable bonds is 4. The van der Waals surface area contributed by atoms with Gasteiger partial charge in [-0.3, -0.25) is 9.89 Å². The molecule has 1 spiro atoms. The van der Waals surface area contributed by atoms with Crippen LogP contribution in [-0.2, 0) is 23.5 Å². The number of fused-ring (bicyclic) bond motifs is 2. The van der Waals surface area contributed by atoms with Crippen LogP contribution in [0.25, 0.3) is 11.5 Å². The molecule has 0 aliphatic carbocycles. The molecule has 3 aromatic rings. The Bertz CT molecular complexity index is 1140. The van der Waals surface area contributed by atoms with Crippen molar-refractivity contribution in [1.82, 2.24) is 9.88 Å². The Balaban J connectivity index is 1.13. The maximum Gasteiger partial charge on any atom is 0.226 e. The van der Waals surface area contributed by atoms with Crippen molar-refractivity contribution in [2.24, 2.45) is 4.99 Å². The van der Waals surface area contributed by atoms with Crippen LogP contribution in [0.1, 0.15) is 35.4 Å². The van der Waals surface area contributed by atoms with Crippen LogP contribution >= 0.6 is 0 Å². The van der Waals surface area contributed by atoms with Crippen LogP contribution in [0.4, 0.5) is 5.69 Å². The molecule has 1 saturated heterocycles. The first-order valence-corrected chi connectivity index (χ1v) is 11.5. The van der Waals surface area contributed by atoms with Gasteiger partial charge in [0.25, 0.3) is 0 Å². The number of hydrogen-bond donors (Lipinski definition) is 0. The molecule has 4 heterocycles. The Morgan fingerprint density at radius 3 is 2.59 bits per heavy atom. The number of aromatic nitrogens is 1. The zero-order valence-corrected chi connectivity index (χ0v) is 18.5. The molecule has 0 atom stereocenters. The first kappa shape index (κ1) is 19.7. The molecule has 0 N–H and O–H groups in total. The standard InChI is InChI=1S/C26H28N4O2/c1-19-24(28-25(32-19)20-6-8-22(9-7-20)30-15-12-27-18-30)16-29-13-10-26(11-14-29)23-5-3-2-4-21(23)17-31-26/h2-9,18H,10-17H2,1H3. The fourth-order valence-corrected chi connectivity index (χ4v) is 5.15. The quantitative estimate of drug-likeness (QED) is 0.612. The second-order valence-electron chi connectivity index (χ2n) is 9.00. The Hall–Kier alpha value is -2.96. The summed E-state index contributed by atoms with van der Waals surface area (Å²) in [5.74, 6) is 1.60. The van der Waals surface area contributed by atoms with E-state index in [4.69, 9.17) is 14.1 Å². The monoisotopic (exact) mass is 428 g/mol. The van der Waals surface area contributed by atoms with E-state index in [2.05, 4.69) is 63.3 Å². The van der Waals surface area contributed by atoms with Gasteiger partial charge in [0, 0.05) is 37.4 Å². The van der Waals surface area contributed by atoms with E-state index in [9.17, 15) is 0 Å². The van der Waals surface area contributed by atoms with Crippen molar-refractivity contribution in [2.75, 3.05) is 31.1 Å². The van der Waals surface area contributed by atoms with Gasteiger partial charge in [0.15, 0.2) is 0 Å². The highest BCUT2D eigenvalue weighted by atomic mass is 16.5. The molecule has 3 aliphatic rings. The van der Waals surface area contributed by atoms with E-state index in [0.29, 0.717) is 5.89 Å². The molecule has 2 aromatic carbocycles. The molecule has 32 heavy (non-hydrogen) atoms. The van der Waals surface area contributed by atoms with Gasteiger partial charge in [-0.1, -0.05) is 24.3 Å². The number of aryl methyl sites for hydroxylation is 1. The number of benzene rings is 2. The summed E-state index contributed by atoms with van der Waals surface area (Å²) in [5.41, 5.74) is 5.83. The summed E-state index contributed by atoms with van der Waals surface area (Å²) >= 11 is 0. The van der Waals surface area contributed by atoms with Crippen LogP contribution in [-0.4, -0.2) is 42.4 Å². The highest BCUT2D eigenvalue weighted by molar-refractivity contribution is 5.81. The molecule has 1 fully saturated rings. The fourth-order valence-electron chi connectivity index (χ4n) is 5.15. The van der Waals surface area contributed by atoms with Crippen LogP contribution in [0.3, 0.4) is 0 Å². The Morgan fingerprint density at radius 2 is 1.81 bits per heavy atom. The van der Waals surface area contributed by atoms with E-state index < -0.39 is 0 Å². The topological polar surface area (TPSA) is 54.1 Å². The second-order valence-corrected chi connectivity index (χ2v) is 9.00. The zero-order valence-electron chi connectivity index (χ0n) is 18.5. The van der Waals surface area contributed by atoms with Crippen LogP contribution in [0.2, 0.25) is 0 Å². The van der Waals surface area contributed by atoms with E-state index >= 15 is 0 Å². The van der Waals surface area contributed by atoms with Crippen molar-refractivity contribution in [3.63, 3.8) is 0 Å². The number of ether oxygens (including phenoxy) is 1. The molecular weight excluding hydrogens is 400 g/mol. The Labute approximate surface area is 188 Å². The molecule has 3 aliphatic heterocycles. The van der Waals surface area contributed by atoms with Crippen LogP contribution in [0.5, 0.6) is 0 Å². The normalized spacial score (nSPS) is 19.7. The van der Waals surface area contributed by atoms with E-state index in [-0.39, 0.29) is 5.60 Å². The van der Waals surface area contributed by atoms with Crippen molar-refractivity contribution >= 4 is 12.0 Å². The number of anilines is 1. The lowest BCUT2D eigenvalue weighted by atomic mass is 9.84. The molecule has 0 bridgehead atoms. The predicted octanol–water partition coefficient (Wildman–Crippen LogP) is 4.52. The zero-order chi connectivity index (χ0) is 21.5. The maximum absolute atomic E-state index is 6.31. The van der Waals surface area contributed by atoms with Gasteiger partial charge in [-0.15, -0.1) is 0 Å². The number of oxazole rings is 1. The van der Waals surface area contributed by atoms with Crippen molar-refractivity contribution in [3.8, 4) is 11.5 Å². The highest BCUT2D eigenvalue weighted by Crippen LogP contribution is 2.44. The minimum atomic E-state index is -0.0983. The molecule has 6 heteroatoms. The number of aliphatic imine (C=N–C) groups is 1. The average Bonchev–Trinajstić information content (AvgIpc) is 3.57. The van der Waals surface area contributed by atoms with Gasteiger partial charge in [0.1, 0.15) is 5.76 Å².